The molecule has 0 spiro atoms. The Labute approximate surface area is 149 Å². The molecule has 4 aromatic rings. The minimum atomic E-state index is -4.17. The van der Waals surface area contributed by atoms with Crippen LogP contribution in [0.4, 0.5) is 0 Å². The van der Waals surface area contributed by atoms with E-state index in [0.29, 0.717) is 11.3 Å². The molecular weight excluding hydrogens is 351 g/mol. The Kier molecular flexibility index (Phi) is 4.17. The summed E-state index contributed by atoms with van der Waals surface area (Å²) in [5.41, 5.74) is 2.76. The highest BCUT2D eigenvalue weighted by atomic mass is 31.2. The average Bonchev–Trinajstić information content (AvgIpc) is 2.67. The summed E-state index contributed by atoms with van der Waals surface area (Å²) in [6, 6.07) is 18.5. The van der Waals surface area contributed by atoms with E-state index in [1.54, 1.807) is 24.4 Å². The molecule has 0 aliphatic carbocycles. The van der Waals surface area contributed by atoms with E-state index in [0.717, 1.165) is 28.9 Å². The molecule has 4 rings (SSSR count). The average molecular weight is 366 g/mol. The zero-order valence-corrected chi connectivity index (χ0v) is 14.8. The van der Waals surface area contributed by atoms with Crippen molar-refractivity contribution < 1.29 is 18.5 Å². The van der Waals surface area contributed by atoms with E-state index < -0.39 is 7.82 Å². The Morgan fingerprint density at radius 3 is 2.46 bits per heavy atom. The van der Waals surface area contributed by atoms with Crippen molar-refractivity contribution in [3.8, 4) is 17.0 Å². The zero-order valence-electron chi connectivity index (χ0n) is 13.9. The number of phosphoric ester groups is 1. The SMILES string of the molecule is COP(=O)(O)Oc1ccccc1-c1ccc2ccc3cccnc3c2n1. The summed E-state index contributed by atoms with van der Waals surface area (Å²) in [5, 5.41) is 1.96. The van der Waals surface area contributed by atoms with Gasteiger partial charge in [-0.05, 0) is 24.3 Å². The van der Waals surface area contributed by atoms with Crippen LogP contribution < -0.4 is 4.52 Å². The smallest absolute Gasteiger partial charge is 0.403 e. The molecule has 26 heavy (non-hydrogen) atoms. The van der Waals surface area contributed by atoms with E-state index in [1.165, 1.54) is 0 Å². The third kappa shape index (κ3) is 3.06. The summed E-state index contributed by atoms with van der Waals surface area (Å²) in [7, 11) is -3.05. The summed E-state index contributed by atoms with van der Waals surface area (Å²) in [6.45, 7) is 0. The first kappa shape index (κ1) is 16.7. The number of para-hydroxylation sites is 1. The molecule has 1 unspecified atom stereocenters. The molecule has 2 aromatic heterocycles. The van der Waals surface area contributed by atoms with Crippen LogP contribution in [0.25, 0.3) is 33.1 Å². The summed E-state index contributed by atoms with van der Waals surface area (Å²) in [4.78, 5) is 18.8. The van der Waals surface area contributed by atoms with Crippen molar-refractivity contribution in [1.82, 2.24) is 9.97 Å². The lowest BCUT2D eigenvalue weighted by Crippen LogP contribution is -1.96. The fourth-order valence-electron chi connectivity index (χ4n) is 2.79. The summed E-state index contributed by atoms with van der Waals surface area (Å²) in [5.74, 6) is 0.222. The minimum Gasteiger partial charge on any atom is -0.403 e. The van der Waals surface area contributed by atoms with Crippen LogP contribution in [0.2, 0.25) is 0 Å². The second-order valence-corrected chi connectivity index (χ2v) is 7.13. The lowest BCUT2D eigenvalue weighted by molar-refractivity contribution is 0.243. The first-order valence-corrected chi connectivity index (χ1v) is 9.39. The van der Waals surface area contributed by atoms with Crippen molar-refractivity contribution >= 4 is 29.6 Å². The van der Waals surface area contributed by atoms with Gasteiger partial charge in [-0.25, -0.2) is 9.55 Å². The van der Waals surface area contributed by atoms with Gasteiger partial charge in [0.2, 0.25) is 0 Å². The van der Waals surface area contributed by atoms with Crippen molar-refractivity contribution in [3.63, 3.8) is 0 Å². The Morgan fingerprint density at radius 1 is 0.923 bits per heavy atom. The third-order valence-electron chi connectivity index (χ3n) is 4.04. The predicted octanol–water partition coefficient (Wildman–Crippen LogP) is 4.58. The molecule has 7 heteroatoms. The molecule has 2 heterocycles. The number of hydrogen-bond donors (Lipinski definition) is 1. The summed E-state index contributed by atoms with van der Waals surface area (Å²) in [6.07, 6.45) is 1.73. The summed E-state index contributed by atoms with van der Waals surface area (Å²) >= 11 is 0. The van der Waals surface area contributed by atoms with Crippen LogP contribution in [-0.4, -0.2) is 22.0 Å². The van der Waals surface area contributed by atoms with Gasteiger partial charge in [0, 0.05) is 29.6 Å². The second-order valence-electron chi connectivity index (χ2n) is 5.65. The lowest BCUT2D eigenvalue weighted by Gasteiger charge is -2.14. The highest BCUT2D eigenvalue weighted by Crippen LogP contribution is 2.45. The maximum Gasteiger partial charge on any atom is 0.527 e. The maximum atomic E-state index is 11.8. The number of benzene rings is 2. The van der Waals surface area contributed by atoms with Crippen molar-refractivity contribution in [3.05, 3.63) is 66.9 Å². The molecular formula is C19H15N2O4P. The molecule has 1 N–H and O–H groups in total. The number of fused-ring (bicyclic) bond motifs is 3. The summed E-state index contributed by atoms with van der Waals surface area (Å²) < 4.78 is 21.5. The van der Waals surface area contributed by atoms with E-state index in [2.05, 4.69) is 9.51 Å². The van der Waals surface area contributed by atoms with Gasteiger partial charge in [-0.1, -0.05) is 36.4 Å². The quantitative estimate of drug-likeness (QED) is 0.421. The lowest BCUT2D eigenvalue weighted by atomic mass is 10.1. The normalized spacial score (nSPS) is 13.6. The fraction of sp³-hybridized carbons (Fsp3) is 0.0526. The van der Waals surface area contributed by atoms with Gasteiger partial charge in [0.05, 0.1) is 16.7 Å². The molecule has 2 aromatic carbocycles. The molecule has 0 amide bonds. The topological polar surface area (TPSA) is 81.5 Å². The zero-order chi connectivity index (χ0) is 18.1. The molecule has 6 nitrogen and oxygen atoms in total. The predicted molar refractivity (Wildman–Crippen MR) is 99.9 cm³/mol. The molecule has 130 valence electrons. The molecule has 0 fully saturated rings. The van der Waals surface area contributed by atoms with Crippen LogP contribution in [-0.2, 0) is 9.09 Å². The van der Waals surface area contributed by atoms with Crippen LogP contribution in [0.5, 0.6) is 5.75 Å². The van der Waals surface area contributed by atoms with Crippen LogP contribution in [0.3, 0.4) is 0 Å². The number of pyridine rings is 2. The van der Waals surface area contributed by atoms with Crippen LogP contribution in [0.15, 0.2) is 66.9 Å². The Balaban J connectivity index is 1.90. The molecule has 0 radical (unpaired) electrons. The van der Waals surface area contributed by atoms with Gasteiger partial charge in [0.25, 0.3) is 0 Å². The standard InChI is InChI=1S/C19H15N2O4P/c1-24-26(22,23)25-17-7-3-2-6-15(17)16-11-10-14-9-8-13-5-4-12-20-18(13)19(14)21-16/h2-12H,1H3,(H,22,23). The van der Waals surface area contributed by atoms with Crippen LogP contribution in [0, 0.1) is 0 Å². The number of aromatic nitrogens is 2. The van der Waals surface area contributed by atoms with Crippen molar-refractivity contribution in [2.24, 2.45) is 0 Å². The molecule has 0 saturated heterocycles. The molecule has 0 aliphatic rings. The molecule has 0 saturated carbocycles. The van der Waals surface area contributed by atoms with E-state index in [4.69, 9.17) is 9.51 Å². The number of phosphoric acid groups is 1. The van der Waals surface area contributed by atoms with Crippen molar-refractivity contribution in [1.29, 1.82) is 0 Å². The minimum absolute atomic E-state index is 0.222. The number of nitrogens with zero attached hydrogens (tertiary/aromatic N) is 2. The molecule has 0 aliphatic heterocycles. The van der Waals surface area contributed by atoms with Gasteiger partial charge in [-0.2, -0.15) is 0 Å². The second kappa shape index (κ2) is 6.50. The van der Waals surface area contributed by atoms with E-state index >= 15 is 0 Å². The fourth-order valence-corrected chi connectivity index (χ4v) is 3.28. The van der Waals surface area contributed by atoms with Gasteiger partial charge in [0.15, 0.2) is 0 Å². The highest BCUT2D eigenvalue weighted by molar-refractivity contribution is 7.47. The van der Waals surface area contributed by atoms with Gasteiger partial charge >= 0.3 is 7.82 Å². The van der Waals surface area contributed by atoms with E-state index in [9.17, 15) is 9.46 Å². The highest BCUT2D eigenvalue weighted by Gasteiger charge is 2.22. The largest absolute Gasteiger partial charge is 0.527 e. The Morgan fingerprint density at radius 2 is 1.65 bits per heavy atom. The van der Waals surface area contributed by atoms with Crippen LogP contribution >= 0.6 is 7.82 Å². The van der Waals surface area contributed by atoms with Gasteiger partial charge in [-0.3, -0.25) is 14.4 Å². The molecule has 0 bridgehead atoms. The first-order chi connectivity index (χ1) is 12.6. The number of rotatable bonds is 4. The van der Waals surface area contributed by atoms with E-state index in [-0.39, 0.29) is 5.75 Å². The Hall–Kier alpha value is -2.79. The number of hydrogen-bond acceptors (Lipinski definition) is 5. The monoisotopic (exact) mass is 366 g/mol. The maximum absolute atomic E-state index is 11.8. The van der Waals surface area contributed by atoms with Crippen LogP contribution in [0.1, 0.15) is 0 Å². The van der Waals surface area contributed by atoms with Crippen molar-refractivity contribution in [2.75, 3.05) is 7.11 Å². The van der Waals surface area contributed by atoms with Gasteiger partial charge < -0.3 is 4.52 Å². The molecule has 1 atom stereocenters. The van der Waals surface area contributed by atoms with Gasteiger partial charge in [-0.15, -0.1) is 0 Å². The first-order valence-electron chi connectivity index (χ1n) is 7.89. The third-order valence-corrected chi connectivity index (χ3v) is 4.93. The van der Waals surface area contributed by atoms with Gasteiger partial charge in [0.1, 0.15) is 5.75 Å². The Bertz CT molecular complexity index is 1160. The van der Waals surface area contributed by atoms with Crippen molar-refractivity contribution in [2.45, 2.75) is 0 Å². The van der Waals surface area contributed by atoms with E-state index in [1.807, 2.05) is 42.5 Å².